The Bertz CT molecular complexity index is 194. The molecule has 0 aromatic heterocycles. The molecule has 62 valence electrons. The summed E-state index contributed by atoms with van der Waals surface area (Å²) in [4.78, 5) is 0. The lowest BCUT2D eigenvalue weighted by molar-refractivity contribution is 0.235. The van der Waals surface area contributed by atoms with Gasteiger partial charge in [0.05, 0.1) is 6.61 Å². The second kappa shape index (κ2) is 3.56. The Hall–Kier alpha value is -0.790. The lowest BCUT2D eigenvalue weighted by Crippen LogP contribution is -2.01. The van der Waals surface area contributed by atoms with E-state index in [1.54, 1.807) is 0 Å². The SMILES string of the molecule is CCOC1=C[C@H](C)CC(F)=C1. The number of halogens is 1. The van der Waals surface area contributed by atoms with Crippen LogP contribution >= 0.6 is 0 Å². The molecule has 11 heavy (non-hydrogen) atoms. The van der Waals surface area contributed by atoms with Gasteiger partial charge in [-0.25, -0.2) is 4.39 Å². The highest BCUT2D eigenvalue weighted by molar-refractivity contribution is 5.21. The minimum atomic E-state index is -0.0801. The van der Waals surface area contributed by atoms with Crippen molar-refractivity contribution in [2.24, 2.45) is 5.92 Å². The van der Waals surface area contributed by atoms with Gasteiger partial charge in [0.25, 0.3) is 0 Å². The van der Waals surface area contributed by atoms with Gasteiger partial charge in [-0.05, 0) is 18.9 Å². The van der Waals surface area contributed by atoms with Crippen molar-refractivity contribution in [3.8, 4) is 0 Å². The van der Waals surface area contributed by atoms with Crippen molar-refractivity contribution in [3.63, 3.8) is 0 Å². The molecule has 0 saturated carbocycles. The van der Waals surface area contributed by atoms with Gasteiger partial charge in [0.2, 0.25) is 0 Å². The van der Waals surface area contributed by atoms with Crippen LogP contribution in [0.5, 0.6) is 0 Å². The number of ether oxygens (including phenoxy) is 1. The summed E-state index contributed by atoms with van der Waals surface area (Å²) in [6, 6.07) is 0. The van der Waals surface area contributed by atoms with Gasteiger partial charge < -0.3 is 4.74 Å². The van der Waals surface area contributed by atoms with Gasteiger partial charge in [0.15, 0.2) is 0 Å². The Balaban J connectivity index is 2.62. The monoisotopic (exact) mass is 156 g/mol. The lowest BCUT2D eigenvalue weighted by atomic mass is 10.0. The van der Waals surface area contributed by atoms with E-state index in [1.807, 2.05) is 19.9 Å². The van der Waals surface area contributed by atoms with Gasteiger partial charge in [-0.1, -0.05) is 6.92 Å². The Labute approximate surface area is 66.6 Å². The molecular formula is C9H13FO. The van der Waals surface area contributed by atoms with Crippen LogP contribution in [-0.4, -0.2) is 6.61 Å². The maximum absolute atomic E-state index is 12.7. The number of allylic oxidation sites excluding steroid dienone is 3. The van der Waals surface area contributed by atoms with Crippen LogP contribution in [0.3, 0.4) is 0 Å². The molecule has 0 bridgehead atoms. The smallest absolute Gasteiger partial charge is 0.118 e. The molecule has 0 amide bonds. The van der Waals surface area contributed by atoms with E-state index < -0.39 is 0 Å². The third-order valence-electron chi connectivity index (χ3n) is 1.58. The van der Waals surface area contributed by atoms with E-state index in [9.17, 15) is 4.39 Å². The summed E-state index contributed by atoms with van der Waals surface area (Å²) in [5.74, 6) is 0.855. The zero-order chi connectivity index (χ0) is 8.27. The summed E-state index contributed by atoms with van der Waals surface area (Å²) in [5, 5.41) is 0. The van der Waals surface area contributed by atoms with Gasteiger partial charge in [-0.2, -0.15) is 0 Å². The molecule has 0 radical (unpaired) electrons. The molecule has 0 fully saturated rings. The molecule has 1 atom stereocenters. The fourth-order valence-corrected chi connectivity index (χ4v) is 1.16. The molecule has 0 aromatic carbocycles. The number of hydrogen-bond acceptors (Lipinski definition) is 1. The predicted octanol–water partition coefficient (Wildman–Crippen LogP) is 2.80. The molecule has 1 rings (SSSR count). The number of hydrogen-bond donors (Lipinski definition) is 0. The Morgan fingerprint density at radius 2 is 2.45 bits per heavy atom. The van der Waals surface area contributed by atoms with E-state index in [0.717, 1.165) is 0 Å². The summed E-state index contributed by atoms with van der Waals surface area (Å²) in [6.07, 6.45) is 3.92. The topological polar surface area (TPSA) is 9.23 Å². The largest absolute Gasteiger partial charge is 0.494 e. The van der Waals surface area contributed by atoms with Crippen LogP contribution in [-0.2, 0) is 4.74 Å². The van der Waals surface area contributed by atoms with Crippen molar-refractivity contribution >= 4 is 0 Å². The predicted molar refractivity (Wildman–Crippen MR) is 42.7 cm³/mol. The van der Waals surface area contributed by atoms with Crippen LogP contribution < -0.4 is 0 Å². The Morgan fingerprint density at radius 1 is 1.73 bits per heavy atom. The Morgan fingerprint density at radius 3 is 3.00 bits per heavy atom. The van der Waals surface area contributed by atoms with E-state index in [1.165, 1.54) is 6.08 Å². The average Bonchev–Trinajstić information content (AvgIpc) is 1.85. The molecule has 0 unspecified atom stereocenters. The van der Waals surface area contributed by atoms with E-state index in [-0.39, 0.29) is 11.7 Å². The maximum atomic E-state index is 12.7. The molecule has 0 heterocycles. The fraction of sp³-hybridized carbons (Fsp3) is 0.556. The van der Waals surface area contributed by atoms with Crippen LogP contribution in [0.15, 0.2) is 23.7 Å². The summed E-state index contributed by atoms with van der Waals surface area (Å²) in [6.45, 7) is 4.47. The van der Waals surface area contributed by atoms with Gasteiger partial charge >= 0.3 is 0 Å². The van der Waals surface area contributed by atoms with E-state index in [2.05, 4.69) is 0 Å². The lowest BCUT2D eigenvalue weighted by Gasteiger charge is -2.13. The zero-order valence-electron chi connectivity index (χ0n) is 6.93. The molecule has 0 aromatic rings. The average molecular weight is 156 g/mol. The molecule has 0 saturated heterocycles. The Kier molecular flexibility index (Phi) is 2.69. The molecule has 2 heteroatoms. The summed E-state index contributed by atoms with van der Waals surface area (Å²) < 4.78 is 17.9. The van der Waals surface area contributed by atoms with Crippen LogP contribution in [0, 0.1) is 5.92 Å². The first kappa shape index (κ1) is 8.31. The molecule has 0 spiro atoms. The van der Waals surface area contributed by atoms with Crippen molar-refractivity contribution in [1.82, 2.24) is 0 Å². The number of rotatable bonds is 2. The molecule has 0 N–H and O–H groups in total. The van der Waals surface area contributed by atoms with Gasteiger partial charge in [-0.3, -0.25) is 0 Å². The molecule has 1 aliphatic carbocycles. The second-order valence-electron chi connectivity index (χ2n) is 2.77. The summed E-state index contributed by atoms with van der Waals surface area (Å²) in [5.41, 5.74) is 0. The summed E-state index contributed by atoms with van der Waals surface area (Å²) >= 11 is 0. The third kappa shape index (κ3) is 2.37. The molecule has 1 nitrogen and oxygen atoms in total. The van der Waals surface area contributed by atoms with Crippen LogP contribution in [0.1, 0.15) is 20.3 Å². The van der Waals surface area contributed by atoms with E-state index in [0.29, 0.717) is 18.8 Å². The third-order valence-corrected chi connectivity index (χ3v) is 1.58. The van der Waals surface area contributed by atoms with Crippen molar-refractivity contribution in [1.29, 1.82) is 0 Å². The van der Waals surface area contributed by atoms with Crippen molar-refractivity contribution in [2.75, 3.05) is 6.61 Å². The highest BCUT2D eigenvalue weighted by Crippen LogP contribution is 2.23. The van der Waals surface area contributed by atoms with Crippen LogP contribution in [0.2, 0.25) is 0 Å². The van der Waals surface area contributed by atoms with Crippen LogP contribution in [0.25, 0.3) is 0 Å². The quantitative estimate of drug-likeness (QED) is 0.597. The van der Waals surface area contributed by atoms with Crippen molar-refractivity contribution in [2.45, 2.75) is 20.3 Å². The standard InChI is InChI=1S/C9H13FO/c1-3-11-9-5-7(2)4-8(10)6-9/h5-7H,3-4H2,1-2H3/t7-/m1/s1. The minimum Gasteiger partial charge on any atom is -0.494 e. The normalized spacial score (nSPS) is 24.1. The fourth-order valence-electron chi connectivity index (χ4n) is 1.16. The van der Waals surface area contributed by atoms with E-state index in [4.69, 9.17) is 4.74 Å². The highest BCUT2D eigenvalue weighted by atomic mass is 19.1. The minimum absolute atomic E-state index is 0.0801. The van der Waals surface area contributed by atoms with Crippen LogP contribution in [0.4, 0.5) is 4.39 Å². The summed E-state index contributed by atoms with van der Waals surface area (Å²) in [7, 11) is 0. The highest BCUT2D eigenvalue weighted by Gasteiger charge is 2.11. The first-order valence-corrected chi connectivity index (χ1v) is 3.93. The van der Waals surface area contributed by atoms with Gasteiger partial charge in [0, 0.05) is 12.5 Å². The van der Waals surface area contributed by atoms with Gasteiger partial charge in [0.1, 0.15) is 11.6 Å². The molecule has 0 aliphatic heterocycles. The first-order chi connectivity index (χ1) is 5.22. The van der Waals surface area contributed by atoms with Crippen molar-refractivity contribution in [3.05, 3.63) is 23.7 Å². The molecular weight excluding hydrogens is 143 g/mol. The molecule has 1 aliphatic rings. The maximum Gasteiger partial charge on any atom is 0.118 e. The zero-order valence-corrected chi connectivity index (χ0v) is 6.93. The first-order valence-electron chi connectivity index (χ1n) is 3.93. The van der Waals surface area contributed by atoms with Crippen molar-refractivity contribution < 1.29 is 9.13 Å². The van der Waals surface area contributed by atoms with E-state index >= 15 is 0 Å². The second-order valence-corrected chi connectivity index (χ2v) is 2.77. The van der Waals surface area contributed by atoms with Gasteiger partial charge in [-0.15, -0.1) is 0 Å².